The summed E-state index contributed by atoms with van der Waals surface area (Å²) in [6.07, 6.45) is 4.25. The first kappa shape index (κ1) is 16.7. The molecule has 6 heteroatoms. The Morgan fingerprint density at radius 2 is 2.08 bits per heavy atom. The average Bonchev–Trinajstić information content (AvgIpc) is 2.60. The highest BCUT2D eigenvalue weighted by Crippen LogP contribution is 2.31. The summed E-state index contributed by atoms with van der Waals surface area (Å²) in [6, 6.07) is 7.46. The van der Waals surface area contributed by atoms with Gasteiger partial charge in [0, 0.05) is 35.5 Å². The number of nitrogens with one attached hydrogen (secondary N) is 2. The van der Waals surface area contributed by atoms with Gasteiger partial charge in [0.15, 0.2) is 0 Å². The molecular formula is C19H20N4O2. The van der Waals surface area contributed by atoms with Crippen molar-refractivity contribution in [3.63, 3.8) is 0 Å². The molecule has 3 rings (SSSR count). The number of hydrogen-bond donors (Lipinski definition) is 3. The van der Waals surface area contributed by atoms with Gasteiger partial charge in [-0.3, -0.25) is 14.6 Å². The second kappa shape index (κ2) is 6.76. The van der Waals surface area contributed by atoms with Crippen LogP contribution in [0.3, 0.4) is 0 Å². The maximum atomic E-state index is 12.5. The number of rotatable bonds is 4. The molecule has 6 nitrogen and oxygen atoms in total. The molecule has 1 amide bonds. The molecular weight excluding hydrogens is 316 g/mol. The van der Waals surface area contributed by atoms with Crippen LogP contribution in [0.4, 0.5) is 5.69 Å². The lowest BCUT2D eigenvalue weighted by atomic mass is 9.98. The Morgan fingerprint density at radius 1 is 1.28 bits per heavy atom. The topological polar surface area (TPSA) is 101 Å². The van der Waals surface area contributed by atoms with Gasteiger partial charge < -0.3 is 16.0 Å². The third-order valence-corrected chi connectivity index (χ3v) is 4.18. The Labute approximate surface area is 145 Å². The number of H-pyrrole nitrogens is 1. The van der Waals surface area contributed by atoms with E-state index < -0.39 is 11.5 Å². The predicted molar refractivity (Wildman–Crippen MR) is 99.6 cm³/mol. The molecule has 2 heterocycles. The Kier molecular flexibility index (Phi) is 4.52. The fourth-order valence-electron chi connectivity index (χ4n) is 2.87. The van der Waals surface area contributed by atoms with E-state index in [1.165, 1.54) is 0 Å². The summed E-state index contributed by atoms with van der Waals surface area (Å²) in [7, 11) is 0. The third-order valence-electron chi connectivity index (χ3n) is 4.18. The SMILES string of the molecule is CCCNC(=O)c1c(N)c2cccc(-c3cnccc3C)c2[nH]c1=O. The van der Waals surface area contributed by atoms with Gasteiger partial charge in [-0.2, -0.15) is 0 Å². The number of hydrogen-bond acceptors (Lipinski definition) is 4. The van der Waals surface area contributed by atoms with Crippen molar-refractivity contribution in [3.05, 3.63) is 58.1 Å². The summed E-state index contributed by atoms with van der Waals surface area (Å²) in [5.74, 6) is -0.453. The van der Waals surface area contributed by atoms with Crippen molar-refractivity contribution in [1.29, 1.82) is 0 Å². The van der Waals surface area contributed by atoms with Crippen LogP contribution in [0.5, 0.6) is 0 Å². The fraction of sp³-hybridized carbons (Fsp3) is 0.211. The van der Waals surface area contributed by atoms with Crippen LogP contribution in [0.1, 0.15) is 29.3 Å². The molecule has 128 valence electrons. The molecule has 3 aromatic rings. The summed E-state index contributed by atoms with van der Waals surface area (Å²) >= 11 is 0. The number of aromatic amines is 1. The van der Waals surface area contributed by atoms with Crippen LogP contribution in [0.2, 0.25) is 0 Å². The van der Waals surface area contributed by atoms with E-state index in [9.17, 15) is 9.59 Å². The van der Waals surface area contributed by atoms with Gasteiger partial charge in [0.1, 0.15) is 5.56 Å². The molecule has 0 fully saturated rings. The summed E-state index contributed by atoms with van der Waals surface area (Å²) < 4.78 is 0. The van der Waals surface area contributed by atoms with Gasteiger partial charge in [0.2, 0.25) is 0 Å². The number of fused-ring (bicyclic) bond motifs is 1. The normalized spacial score (nSPS) is 10.8. The quantitative estimate of drug-likeness (QED) is 0.681. The van der Waals surface area contributed by atoms with E-state index in [4.69, 9.17) is 5.73 Å². The number of benzene rings is 1. The predicted octanol–water partition coefficient (Wildman–Crippen LogP) is 2.62. The minimum absolute atomic E-state index is 0.0407. The van der Waals surface area contributed by atoms with Crippen molar-refractivity contribution in [1.82, 2.24) is 15.3 Å². The molecule has 0 atom stereocenters. The van der Waals surface area contributed by atoms with Gasteiger partial charge >= 0.3 is 0 Å². The Balaban J connectivity index is 2.24. The van der Waals surface area contributed by atoms with Crippen LogP contribution in [0, 0.1) is 6.92 Å². The first-order valence-corrected chi connectivity index (χ1v) is 8.18. The van der Waals surface area contributed by atoms with Gasteiger partial charge in [-0.15, -0.1) is 0 Å². The second-order valence-electron chi connectivity index (χ2n) is 5.92. The van der Waals surface area contributed by atoms with Gasteiger partial charge in [-0.05, 0) is 25.0 Å². The Bertz CT molecular complexity index is 1010. The molecule has 0 unspecified atom stereocenters. The van der Waals surface area contributed by atoms with Crippen LogP contribution in [-0.2, 0) is 0 Å². The zero-order valence-corrected chi connectivity index (χ0v) is 14.2. The molecule has 0 spiro atoms. The van der Waals surface area contributed by atoms with Crippen molar-refractivity contribution in [3.8, 4) is 11.1 Å². The van der Waals surface area contributed by atoms with E-state index in [1.807, 2.05) is 32.0 Å². The molecule has 2 aromatic heterocycles. The van der Waals surface area contributed by atoms with E-state index in [-0.39, 0.29) is 11.3 Å². The Morgan fingerprint density at radius 3 is 2.80 bits per heavy atom. The number of aryl methyl sites for hydroxylation is 1. The maximum absolute atomic E-state index is 12.5. The largest absolute Gasteiger partial charge is 0.397 e. The number of nitrogen functional groups attached to an aromatic ring is 1. The summed E-state index contributed by atoms with van der Waals surface area (Å²) in [5, 5.41) is 3.34. The molecule has 0 bridgehead atoms. The van der Waals surface area contributed by atoms with Crippen molar-refractivity contribution >= 4 is 22.5 Å². The molecule has 0 radical (unpaired) electrons. The summed E-state index contributed by atoms with van der Waals surface area (Å²) in [5.41, 5.74) is 9.21. The molecule has 4 N–H and O–H groups in total. The molecule has 0 aliphatic rings. The molecule has 0 aliphatic carbocycles. The highest BCUT2D eigenvalue weighted by molar-refractivity contribution is 6.09. The third kappa shape index (κ3) is 2.98. The van der Waals surface area contributed by atoms with E-state index in [1.54, 1.807) is 18.5 Å². The molecule has 25 heavy (non-hydrogen) atoms. The van der Waals surface area contributed by atoms with Crippen LogP contribution in [-0.4, -0.2) is 22.4 Å². The Hall–Kier alpha value is -3.15. The van der Waals surface area contributed by atoms with E-state index in [0.717, 1.165) is 23.1 Å². The standard InChI is InChI=1S/C19H20N4O2/c1-3-8-22-18(24)15-16(20)13-6-4-5-12(17(13)23-19(15)25)14-10-21-9-7-11(14)2/h4-7,9-10H,3,8H2,1-2H3,(H,22,24)(H3,20,23,25). The second-order valence-corrected chi connectivity index (χ2v) is 5.92. The highest BCUT2D eigenvalue weighted by Gasteiger charge is 2.19. The number of pyridine rings is 2. The first-order chi connectivity index (χ1) is 12.0. The number of aromatic nitrogens is 2. The zero-order valence-electron chi connectivity index (χ0n) is 14.2. The number of carbonyl (C=O) groups is 1. The maximum Gasteiger partial charge on any atom is 0.263 e. The zero-order chi connectivity index (χ0) is 18.0. The van der Waals surface area contributed by atoms with Crippen molar-refractivity contribution < 1.29 is 4.79 Å². The van der Waals surface area contributed by atoms with Crippen LogP contribution in [0.25, 0.3) is 22.0 Å². The number of para-hydroxylation sites is 1. The smallest absolute Gasteiger partial charge is 0.263 e. The van der Waals surface area contributed by atoms with Crippen molar-refractivity contribution in [2.75, 3.05) is 12.3 Å². The number of nitrogens with zero attached hydrogens (tertiary/aromatic N) is 1. The summed E-state index contributed by atoms with van der Waals surface area (Å²) in [4.78, 5) is 31.8. The van der Waals surface area contributed by atoms with Gasteiger partial charge in [-0.25, -0.2) is 0 Å². The monoisotopic (exact) mass is 336 g/mol. The highest BCUT2D eigenvalue weighted by atomic mass is 16.2. The molecule has 0 saturated carbocycles. The number of carbonyl (C=O) groups excluding carboxylic acids is 1. The number of anilines is 1. The first-order valence-electron chi connectivity index (χ1n) is 8.18. The molecule has 0 aliphatic heterocycles. The van der Waals surface area contributed by atoms with Gasteiger partial charge in [0.05, 0.1) is 11.2 Å². The lowest BCUT2D eigenvalue weighted by Crippen LogP contribution is -2.31. The summed E-state index contributed by atoms with van der Waals surface area (Å²) in [6.45, 7) is 4.41. The van der Waals surface area contributed by atoms with Crippen molar-refractivity contribution in [2.24, 2.45) is 0 Å². The lowest BCUT2D eigenvalue weighted by Gasteiger charge is -2.13. The lowest BCUT2D eigenvalue weighted by molar-refractivity contribution is 0.0953. The molecule has 1 aromatic carbocycles. The average molecular weight is 336 g/mol. The van der Waals surface area contributed by atoms with Gasteiger partial charge in [-0.1, -0.05) is 25.1 Å². The van der Waals surface area contributed by atoms with Crippen LogP contribution < -0.4 is 16.6 Å². The minimum atomic E-state index is -0.493. The van der Waals surface area contributed by atoms with E-state index in [2.05, 4.69) is 15.3 Å². The number of amides is 1. The van der Waals surface area contributed by atoms with E-state index in [0.29, 0.717) is 17.4 Å². The van der Waals surface area contributed by atoms with Gasteiger partial charge in [0.25, 0.3) is 11.5 Å². The van der Waals surface area contributed by atoms with Crippen LogP contribution in [0.15, 0.2) is 41.5 Å². The molecule has 0 saturated heterocycles. The number of nitrogens with two attached hydrogens (primary N) is 1. The van der Waals surface area contributed by atoms with E-state index >= 15 is 0 Å². The van der Waals surface area contributed by atoms with Crippen LogP contribution >= 0.6 is 0 Å². The van der Waals surface area contributed by atoms with Crippen molar-refractivity contribution in [2.45, 2.75) is 20.3 Å². The minimum Gasteiger partial charge on any atom is -0.397 e. The fourth-order valence-corrected chi connectivity index (χ4v) is 2.87.